The number of benzene rings is 1. The lowest BCUT2D eigenvalue weighted by molar-refractivity contribution is 0.636. The molecule has 0 aliphatic heterocycles. The lowest BCUT2D eigenvalue weighted by atomic mass is 10.1. The van der Waals surface area contributed by atoms with Gasteiger partial charge in [-0.05, 0) is 37.3 Å². The Bertz CT molecular complexity index is 1260. The molecule has 1 N–H and O–H groups in total. The van der Waals surface area contributed by atoms with Crippen LogP contribution in [-0.4, -0.2) is 24.5 Å². The molecular formula is C20H17ClN6O. The van der Waals surface area contributed by atoms with Crippen LogP contribution >= 0.6 is 11.6 Å². The van der Waals surface area contributed by atoms with E-state index < -0.39 is 0 Å². The fourth-order valence-corrected chi connectivity index (χ4v) is 3.84. The van der Waals surface area contributed by atoms with E-state index in [0.29, 0.717) is 27.4 Å². The van der Waals surface area contributed by atoms with Crippen molar-refractivity contribution in [3.8, 4) is 0 Å². The van der Waals surface area contributed by atoms with Crippen LogP contribution in [0.5, 0.6) is 0 Å². The predicted octanol–water partition coefficient (Wildman–Crippen LogP) is 3.90. The number of rotatable bonds is 4. The van der Waals surface area contributed by atoms with Crippen molar-refractivity contribution in [2.45, 2.75) is 31.8 Å². The molecule has 0 saturated heterocycles. The van der Waals surface area contributed by atoms with Gasteiger partial charge in [-0.1, -0.05) is 23.7 Å². The van der Waals surface area contributed by atoms with E-state index in [1.54, 1.807) is 18.5 Å². The smallest absolute Gasteiger partial charge is 0.260 e. The molecule has 3 heterocycles. The zero-order chi connectivity index (χ0) is 19.3. The van der Waals surface area contributed by atoms with Crippen molar-refractivity contribution >= 4 is 39.4 Å². The highest BCUT2D eigenvalue weighted by Gasteiger charge is 2.29. The average molecular weight is 393 g/mol. The molecule has 0 unspecified atom stereocenters. The van der Waals surface area contributed by atoms with Gasteiger partial charge < -0.3 is 9.88 Å². The Hall–Kier alpha value is -3.06. The Morgan fingerprint density at radius 1 is 1.18 bits per heavy atom. The van der Waals surface area contributed by atoms with E-state index in [0.717, 1.165) is 23.9 Å². The molecule has 140 valence electrons. The van der Waals surface area contributed by atoms with Crippen molar-refractivity contribution in [2.75, 3.05) is 5.32 Å². The third-order valence-corrected chi connectivity index (χ3v) is 5.35. The summed E-state index contributed by atoms with van der Waals surface area (Å²) in [6.45, 7) is 2.01. The summed E-state index contributed by atoms with van der Waals surface area (Å²) >= 11 is 6.33. The summed E-state index contributed by atoms with van der Waals surface area (Å²) in [7, 11) is 0. The summed E-state index contributed by atoms with van der Waals surface area (Å²) in [4.78, 5) is 30.3. The number of halogens is 1. The minimum absolute atomic E-state index is 0.0402. The number of pyridine rings is 1. The Morgan fingerprint density at radius 2 is 2.00 bits per heavy atom. The lowest BCUT2D eigenvalue weighted by Gasteiger charge is -2.21. The number of nitrogens with zero attached hydrogens (tertiary/aromatic N) is 5. The number of hydrogen-bond acceptors (Lipinski definition) is 6. The van der Waals surface area contributed by atoms with Crippen LogP contribution in [-0.2, 0) is 0 Å². The molecular weight excluding hydrogens is 376 g/mol. The number of nitrogens with one attached hydrogen (secondary N) is 1. The second kappa shape index (κ2) is 6.53. The summed E-state index contributed by atoms with van der Waals surface area (Å²) in [5.41, 5.74) is 1.98. The molecule has 0 radical (unpaired) electrons. The highest BCUT2D eigenvalue weighted by Crippen LogP contribution is 2.37. The first-order chi connectivity index (χ1) is 13.6. The van der Waals surface area contributed by atoms with Gasteiger partial charge in [-0.15, -0.1) is 0 Å². The summed E-state index contributed by atoms with van der Waals surface area (Å²) in [6.07, 6.45) is 6.66. The minimum Gasteiger partial charge on any atom is -0.360 e. The molecule has 1 saturated carbocycles. The normalized spacial score (nSPS) is 15.1. The van der Waals surface area contributed by atoms with Gasteiger partial charge in [0.25, 0.3) is 5.56 Å². The first-order valence-corrected chi connectivity index (χ1v) is 9.53. The lowest BCUT2D eigenvalue weighted by Crippen LogP contribution is -2.26. The van der Waals surface area contributed by atoms with Crippen LogP contribution in [0.3, 0.4) is 0 Å². The van der Waals surface area contributed by atoms with E-state index in [-0.39, 0.29) is 17.6 Å². The molecule has 1 aliphatic carbocycles. The van der Waals surface area contributed by atoms with Gasteiger partial charge in [0.05, 0.1) is 16.5 Å². The SMILES string of the molecule is C[C@H](Nc1ncnc2nccnc12)c1cc2cccc(Cl)c2c(=O)n1C1CC1. The van der Waals surface area contributed by atoms with Crippen molar-refractivity contribution in [1.82, 2.24) is 24.5 Å². The highest BCUT2D eigenvalue weighted by molar-refractivity contribution is 6.35. The van der Waals surface area contributed by atoms with Gasteiger partial charge >= 0.3 is 0 Å². The Labute approximate surface area is 165 Å². The summed E-state index contributed by atoms with van der Waals surface area (Å²) in [5, 5.41) is 5.28. The molecule has 0 spiro atoms. The largest absolute Gasteiger partial charge is 0.360 e. The molecule has 0 amide bonds. The molecule has 0 bridgehead atoms. The zero-order valence-electron chi connectivity index (χ0n) is 15.1. The van der Waals surface area contributed by atoms with E-state index in [1.807, 2.05) is 29.7 Å². The van der Waals surface area contributed by atoms with Gasteiger partial charge in [0.1, 0.15) is 11.8 Å². The van der Waals surface area contributed by atoms with E-state index in [1.165, 1.54) is 6.33 Å². The molecule has 5 rings (SSSR count). The number of anilines is 1. The monoisotopic (exact) mass is 392 g/mol. The maximum atomic E-state index is 13.2. The van der Waals surface area contributed by atoms with Crippen LogP contribution in [0, 0.1) is 0 Å². The van der Waals surface area contributed by atoms with Gasteiger partial charge in [0.15, 0.2) is 11.5 Å². The second-order valence-corrected chi connectivity index (χ2v) is 7.40. The van der Waals surface area contributed by atoms with Crippen LogP contribution in [0.1, 0.15) is 37.5 Å². The molecule has 1 atom stereocenters. The molecule has 8 heteroatoms. The van der Waals surface area contributed by atoms with Crippen molar-refractivity contribution in [3.63, 3.8) is 0 Å². The molecule has 7 nitrogen and oxygen atoms in total. The maximum absolute atomic E-state index is 13.2. The fraction of sp³-hybridized carbons (Fsp3) is 0.250. The highest BCUT2D eigenvalue weighted by atomic mass is 35.5. The molecule has 4 aromatic rings. The van der Waals surface area contributed by atoms with Crippen molar-refractivity contribution in [1.29, 1.82) is 0 Å². The van der Waals surface area contributed by atoms with E-state index in [2.05, 4.69) is 25.3 Å². The van der Waals surface area contributed by atoms with Crippen LogP contribution in [0.15, 0.2) is 47.8 Å². The zero-order valence-corrected chi connectivity index (χ0v) is 15.9. The van der Waals surface area contributed by atoms with Crippen molar-refractivity contribution in [2.24, 2.45) is 0 Å². The maximum Gasteiger partial charge on any atom is 0.260 e. The molecule has 1 aromatic carbocycles. The summed E-state index contributed by atoms with van der Waals surface area (Å²) in [6, 6.07) is 7.62. The van der Waals surface area contributed by atoms with Gasteiger partial charge in [0.2, 0.25) is 0 Å². The first kappa shape index (κ1) is 17.1. The fourth-order valence-electron chi connectivity index (χ4n) is 3.58. The second-order valence-electron chi connectivity index (χ2n) is 7.00. The topological polar surface area (TPSA) is 85.6 Å². The van der Waals surface area contributed by atoms with Crippen LogP contribution < -0.4 is 10.9 Å². The van der Waals surface area contributed by atoms with Crippen molar-refractivity contribution < 1.29 is 0 Å². The van der Waals surface area contributed by atoms with Gasteiger partial charge in [-0.3, -0.25) is 4.79 Å². The van der Waals surface area contributed by atoms with Gasteiger partial charge in [-0.25, -0.2) is 19.9 Å². The third-order valence-electron chi connectivity index (χ3n) is 5.04. The third kappa shape index (κ3) is 2.79. The van der Waals surface area contributed by atoms with E-state index in [9.17, 15) is 4.79 Å². The summed E-state index contributed by atoms with van der Waals surface area (Å²) in [5.74, 6) is 0.589. The first-order valence-electron chi connectivity index (χ1n) is 9.15. The van der Waals surface area contributed by atoms with Gasteiger partial charge in [0, 0.05) is 24.1 Å². The molecule has 1 aliphatic rings. The Kier molecular flexibility index (Phi) is 3.98. The average Bonchev–Trinajstić information content (AvgIpc) is 3.53. The number of aromatic nitrogens is 5. The minimum atomic E-state index is -0.170. The molecule has 3 aromatic heterocycles. The van der Waals surface area contributed by atoms with Crippen molar-refractivity contribution in [3.05, 3.63) is 64.1 Å². The molecule has 28 heavy (non-hydrogen) atoms. The number of hydrogen-bond donors (Lipinski definition) is 1. The van der Waals surface area contributed by atoms with Crippen LogP contribution in [0.25, 0.3) is 21.9 Å². The van der Waals surface area contributed by atoms with Gasteiger partial charge in [-0.2, -0.15) is 0 Å². The summed E-state index contributed by atoms with van der Waals surface area (Å²) < 4.78 is 1.88. The van der Waals surface area contributed by atoms with Crippen LogP contribution in [0.2, 0.25) is 5.02 Å². The predicted molar refractivity (Wildman–Crippen MR) is 109 cm³/mol. The standard InChI is InChI=1S/C20H17ClN6O/c1-11(26-19-17-18(24-10-25-19)23-8-7-22-17)15-9-12-3-2-4-14(21)16(12)20(28)27(15)13-5-6-13/h2-4,7-11,13H,5-6H2,1H3,(H,23,24,25,26)/t11-/m0/s1. The Morgan fingerprint density at radius 3 is 2.82 bits per heavy atom. The van der Waals surface area contributed by atoms with E-state index >= 15 is 0 Å². The number of fused-ring (bicyclic) bond motifs is 2. The Balaban J connectivity index is 1.64. The molecule has 1 fully saturated rings. The quantitative estimate of drug-likeness (QED) is 0.567. The van der Waals surface area contributed by atoms with Crippen LogP contribution in [0.4, 0.5) is 5.82 Å². The van der Waals surface area contributed by atoms with E-state index in [4.69, 9.17) is 11.6 Å².